The van der Waals surface area contributed by atoms with E-state index in [1.807, 2.05) is 12.4 Å². The fourth-order valence-electron chi connectivity index (χ4n) is 3.04. The highest BCUT2D eigenvalue weighted by molar-refractivity contribution is 5.28. The molecule has 112 valence electrons. The van der Waals surface area contributed by atoms with Gasteiger partial charge in [-0.1, -0.05) is 26.7 Å². The molecule has 1 N–H and O–H groups in total. The van der Waals surface area contributed by atoms with Crippen LogP contribution in [-0.4, -0.2) is 24.2 Å². The van der Waals surface area contributed by atoms with Crippen molar-refractivity contribution in [1.82, 2.24) is 10.3 Å². The van der Waals surface area contributed by atoms with E-state index in [0.29, 0.717) is 12.0 Å². The lowest BCUT2D eigenvalue weighted by Gasteiger charge is -2.32. The highest BCUT2D eigenvalue weighted by Gasteiger charge is 2.26. The molecule has 2 atom stereocenters. The second-order valence-corrected chi connectivity index (χ2v) is 5.75. The van der Waals surface area contributed by atoms with E-state index in [2.05, 4.69) is 30.2 Å². The fraction of sp³-hybridized carbons (Fsp3) is 0.706. The third-order valence-electron chi connectivity index (χ3n) is 4.06. The summed E-state index contributed by atoms with van der Waals surface area (Å²) in [7, 11) is 0. The van der Waals surface area contributed by atoms with E-state index in [1.54, 1.807) is 0 Å². The largest absolute Gasteiger partial charge is 0.492 e. The Morgan fingerprint density at radius 3 is 2.85 bits per heavy atom. The van der Waals surface area contributed by atoms with Crippen LogP contribution >= 0.6 is 0 Å². The van der Waals surface area contributed by atoms with Crippen LogP contribution in [0.3, 0.4) is 0 Å². The van der Waals surface area contributed by atoms with Crippen LogP contribution in [0, 0.1) is 0 Å². The fourth-order valence-corrected chi connectivity index (χ4v) is 3.04. The first kappa shape index (κ1) is 15.3. The topological polar surface area (TPSA) is 34.2 Å². The molecular formula is C17H28N2O. The average Bonchev–Trinajstić information content (AvgIpc) is 2.51. The molecule has 2 rings (SSSR count). The van der Waals surface area contributed by atoms with Crippen LogP contribution in [0.4, 0.5) is 0 Å². The summed E-state index contributed by atoms with van der Waals surface area (Å²) in [5.74, 6) is 1.51. The quantitative estimate of drug-likeness (QED) is 0.820. The first-order valence-corrected chi connectivity index (χ1v) is 8.16. The summed E-state index contributed by atoms with van der Waals surface area (Å²) < 4.78 is 5.72. The van der Waals surface area contributed by atoms with Gasteiger partial charge in [-0.3, -0.25) is 4.98 Å². The van der Waals surface area contributed by atoms with Crippen LogP contribution < -0.4 is 10.1 Å². The molecule has 1 heterocycles. The number of nitrogens with one attached hydrogen (secondary N) is 1. The van der Waals surface area contributed by atoms with Crippen LogP contribution in [-0.2, 0) is 0 Å². The Balaban J connectivity index is 2.06. The summed E-state index contributed by atoms with van der Waals surface area (Å²) in [6, 6.07) is 2.80. The zero-order valence-electron chi connectivity index (χ0n) is 12.9. The molecule has 0 radical (unpaired) electrons. The van der Waals surface area contributed by atoms with E-state index in [1.165, 1.54) is 37.7 Å². The van der Waals surface area contributed by atoms with Crippen molar-refractivity contribution in [3.8, 4) is 5.75 Å². The number of hydrogen-bond acceptors (Lipinski definition) is 3. The van der Waals surface area contributed by atoms with Crippen molar-refractivity contribution >= 4 is 0 Å². The van der Waals surface area contributed by atoms with Crippen molar-refractivity contribution in [3.63, 3.8) is 0 Å². The van der Waals surface area contributed by atoms with Gasteiger partial charge in [0.25, 0.3) is 0 Å². The molecule has 0 spiro atoms. The molecule has 1 aromatic heterocycles. The van der Waals surface area contributed by atoms with Crippen molar-refractivity contribution in [2.45, 2.75) is 64.3 Å². The summed E-state index contributed by atoms with van der Waals surface area (Å²) in [6.45, 7) is 6.24. The van der Waals surface area contributed by atoms with Gasteiger partial charge >= 0.3 is 0 Å². The minimum absolute atomic E-state index is 0.591. The minimum Gasteiger partial charge on any atom is -0.492 e. The first-order valence-electron chi connectivity index (χ1n) is 8.16. The number of rotatable bonds is 7. The maximum Gasteiger partial charge on any atom is 0.137 e. The average molecular weight is 276 g/mol. The van der Waals surface area contributed by atoms with Gasteiger partial charge in [0.1, 0.15) is 5.75 Å². The lowest BCUT2D eigenvalue weighted by molar-refractivity contribution is 0.310. The zero-order valence-corrected chi connectivity index (χ0v) is 12.9. The normalized spacial score (nSPS) is 22.7. The summed E-state index contributed by atoms with van der Waals surface area (Å²) in [5, 5.41) is 3.71. The third-order valence-corrected chi connectivity index (χ3v) is 4.06. The second-order valence-electron chi connectivity index (χ2n) is 5.75. The lowest BCUT2D eigenvalue weighted by atomic mass is 9.80. The molecule has 1 aliphatic carbocycles. The van der Waals surface area contributed by atoms with Crippen LogP contribution in [0.1, 0.15) is 63.9 Å². The SMILES string of the molecule is CCCNC1CCCCC1c1cncc(OCCC)c1. The highest BCUT2D eigenvalue weighted by Crippen LogP contribution is 2.34. The first-order chi connectivity index (χ1) is 9.85. The maximum atomic E-state index is 5.72. The Kier molecular flexibility index (Phi) is 6.31. The smallest absolute Gasteiger partial charge is 0.137 e. The summed E-state index contributed by atoms with van der Waals surface area (Å²) >= 11 is 0. The number of nitrogens with zero attached hydrogens (tertiary/aromatic N) is 1. The minimum atomic E-state index is 0.591. The van der Waals surface area contributed by atoms with Gasteiger partial charge in [-0.05, 0) is 43.9 Å². The maximum absolute atomic E-state index is 5.72. The van der Waals surface area contributed by atoms with Crippen LogP contribution in [0.25, 0.3) is 0 Å². The molecule has 0 aromatic carbocycles. The molecule has 1 fully saturated rings. The van der Waals surface area contributed by atoms with Gasteiger partial charge < -0.3 is 10.1 Å². The van der Waals surface area contributed by atoms with Crippen LogP contribution in [0.2, 0.25) is 0 Å². The summed E-state index contributed by atoms with van der Waals surface area (Å²) in [5.41, 5.74) is 1.34. The summed E-state index contributed by atoms with van der Waals surface area (Å²) in [6.07, 6.45) is 11.3. The standard InChI is InChI=1S/C17H28N2O/c1-3-9-19-17-8-6-5-7-16(17)14-11-15(13-18-12-14)20-10-4-2/h11-13,16-17,19H,3-10H2,1-2H3. The molecule has 2 unspecified atom stereocenters. The molecule has 1 aromatic rings. The number of pyridine rings is 1. The Morgan fingerprint density at radius 2 is 2.05 bits per heavy atom. The van der Waals surface area contributed by atoms with Gasteiger partial charge in [0, 0.05) is 18.2 Å². The molecule has 0 amide bonds. The van der Waals surface area contributed by atoms with Gasteiger partial charge in [0.15, 0.2) is 0 Å². The predicted octanol–water partition coefficient (Wildman–Crippen LogP) is 3.90. The molecule has 1 saturated carbocycles. The van der Waals surface area contributed by atoms with E-state index in [-0.39, 0.29) is 0 Å². The molecule has 3 heteroatoms. The van der Waals surface area contributed by atoms with Crippen molar-refractivity contribution in [2.75, 3.05) is 13.2 Å². The number of aromatic nitrogens is 1. The summed E-state index contributed by atoms with van der Waals surface area (Å²) in [4.78, 5) is 4.37. The monoisotopic (exact) mass is 276 g/mol. The van der Waals surface area contributed by atoms with Gasteiger partial charge in [0.05, 0.1) is 12.8 Å². The van der Waals surface area contributed by atoms with E-state index in [9.17, 15) is 0 Å². The van der Waals surface area contributed by atoms with Crippen molar-refractivity contribution in [1.29, 1.82) is 0 Å². The van der Waals surface area contributed by atoms with Gasteiger partial charge in [-0.25, -0.2) is 0 Å². The Labute approximate surface area is 123 Å². The van der Waals surface area contributed by atoms with Crippen molar-refractivity contribution < 1.29 is 4.74 Å². The molecular weight excluding hydrogens is 248 g/mol. The van der Waals surface area contributed by atoms with Crippen LogP contribution in [0.5, 0.6) is 5.75 Å². The van der Waals surface area contributed by atoms with E-state index in [0.717, 1.165) is 25.3 Å². The third kappa shape index (κ3) is 4.20. The van der Waals surface area contributed by atoms with Crippen molar-refractivity contribution in [2.24, 2.45) is 0 Å². The molecule has 0 bridgehead atoms. The van der Waals surface area contributed by atoms with Gasteiger partial charge in [-0.2, -0.15) is 0 Å². The van der Waals surface area contributed by atoms with Crippen LogP contribution in [0.15, 0.2) is 18.5 Å². The van der Waals surface area contributed by atoms with Gasteiger partial charge in [0.2, 0.25) is 0 Å². The van der Waals surface area contributed by atoms with E-state index < -0.39 is 0 Å². The molecule has 0 aliphatic heterocycles. The zero-order chi connectivity index (χ0) is 14.2. The van der Waals surface area contributed by atoms with Crippen molar-refractivity contribution in [3.05, 3.63) is 24.0 Å². The Hall–Kier alpha value is -1.09. The second kappa shape index (κ2) is 8.25. The molecule has 1 aliphatic rings. The molecule has 0 saturated heterocycles. The molecule has 20 heavy (non-hydrogen) atoms. The van der Waals surface area contributed by atoms with E-state index >= 15 is 0 Å². The number of hydrogen-bond donors (Lipinski definition) is 1. The Morgan fingerprint density at radius 1 is 1.20 bits per heavy atom. The lowest BCUT2D eigenvalue weighted by Crippen LogP contribution is -2.37. The molecule has 3 nitrogen and oxygen atoms in total. The number of ether oxygens (including phenoxy) is 1. The Bertz CT molecular complexity index is 394. The highest BCUT2D eigenvalue weighted by atomic mass is 16.5. The van der Waals surface area contributed by atoms with Gasteiger partial charge in [-0.15, -0.1) is 0 Å². The van der Waals surface area contributed by atoms with E-state index in [4.69, 9.17) is 4.74 Å². The predicted molar refractivity (Wildman–Crippen MR) is 83.3 cm³/mol.